The van der Waals surface area contributed by atoms with Crippen molar-refractivity contribution < 1.29 is 14.4 Å². The van der Waals surface area contributed by atoms with E-state index in [9.17, 15) is 10.1 Å². The zero-order chi connectivity index (χ0) is 18.0. The second-order valence-electron chi connectivity index (χ2n) is 5.23. The highest BCUT2D eigenvalue weighted by atomic mass is 79.9. The lowest BCUT2D eigenvalue weighted by Crippen LogP contribution is -2.05. The van der Waals surface area contributed by atoms with E-state index in [1.807, 2.05) is 12.1 Å². The third kappa shape index (κ3) is 3.36. The summed E-state index contributed by atoms with van der Waals surface area (Å²) in [5, 5.41) is 22.4. The second-order valence-corrected chi connectivity index (χ2v) is 6.15. The minimum Gasteiger partial charge on any atom is -0.493 e. The Kier molecular flexibility index (Phi) is 4.75. The van der Waals surface area contributed by atoms with Crippen LogP contribution in [0.3, 0.4) is 0 Å². The van der Waals surface area contributed by atoms with Gasteiger partial charge in [0.25, 0.3) is 5.69 Å². The summed E-state index contributed by atoms with van der Waals surface area (Å²) < 4.78 is 11.3. The summed E-state index contributed by atoms with van der Waals surface area (Å²) in [5.41, 5.74) is 2.11. The van der Waals surface area contributed by atoms with Gasteiger partial charge in [0.2, 0.25) is 0 Å². The van der Waals surface area contributed by atoms with Crippen LogP contribution in [0.25, 0.3) is 10.9 Å². The highest BCUT2D eigenvalue weighted by Crippen LogP contribution is 2.35. The number of H-pyrrole nitrogens is 1. The van der Waals surface area contributed by atoms with Crippen molar-refractivity contribution in [3.8, 4) is 11.5 Å². The van der Waals surface area contributed by atoms with Crippen LogP contribution < -0.4 is 14.8 Å². The van der Waals surface area contributed by atoms with E-state index in [2.05, 4.69) is 31.4 Å². The lowest BCUT2D eigenvalue weighted by Gasteiger charge is -2.12. The van der Waals surface area contributed by atoms with Gasteiger partial charge in [0, 0.05) is 22.1 Å². The SMILES string of the molecule is COc1cc(CNc2cc(Br)cc3[nH]ncc23)c([N+](=O)[O-])cc1OC. The number of benzene rings is 2. The predicted molar refractivity (Wildman–Crippen MR) is 97.3 cm³/mol. The molecule has 0 unspecified atom stereocenters. The number of halogens is 1. The first kappa shape index (κ1) is 17.0. The van der Waals surface area contributed by atoms with Crippen molar-refractivity contribution in [3.05, 3.63) is 50.6 Å². The first-order chi connectivity index (χ1) is 12.0. The van der Waals surface area contributed by atoms with E-state index < -0.39 is 4.92 Å². The lowest BCUT2D eigenvalue weighted by atomic mass is 10.1. The van der Waals surface area contributed by atoms with Crippen LogP contribution in [0.4, 0.5) is 11.4 Å². The first-order valence-corrected chi connectivity index (χ1v) is 8.08. The summed E-state index contributed by atoms with van der Waals surface area (Å²) in [6.45, 7) is 0.243. The fraction of sp³-hybridized carbons (Fsp3) is 0.188. The van der Waals surface area contributed by atoms with Crippen molar-refractivity contribution in [1.82, 2.24) is 10.2 Å². The van der Waals surface area contributed by atoms with E-state index in [-0.39, 0.29) is 12.2 Å². The minimum absolute atomic E-state index is 0.0383. The summed E-state index contributed by atoms with van der Waals surface area (Å²) in [4.78, 5) is 10.9. The Morgan fingerprint density at radius 1 is 1.24 bits per heavy atom. The molecule has 0 radical (unpaired) electrons. The third-order valence-electron chi connectivity index (χ3n) is 3.77. The molecule has 2 N–H and O–H groups in total. The molecule has 0 fully saturated rings. The average molecular weight is 407 g/mol. The van der Waals surface area contributed by atoms with Crippen LogP contribution in [0.15, 0.2) is 34.9 Å². The zero-order valence-electron chi connectivity index (χ0n) is 13.5. The van der Waals surface area contributed by atoms with Crippen LogP contribution in [0.5, 0.6) is 11.5 Å². The zero-order valence-corrected chi connectivity index (χ0v) is 15.1. The van der Waals surface area contributed by atoms with Gasteiger partial charge in [-0.15, -0.1) is 0 Å². The smallest absolute Gasteiger partial charge is 0.278 e. The fourth-order valence-corrected chi connectivity index (χ4v) is 3.03. The number of methoxy groups -OCH3 is 2. The van der Waals surface area contributed by atoms with Gasteiger partial charge in [-0.3, -0.25) is 15.2 Å². The maximum Gasteiger partial charge on any atom is 0.278 e. The molecule has 0 aliphatic carbocycles. The molecule has 2 aromatic carbocycles. The van der Waals surface area contributed by atoms with Crippen molar-refractivity contribution in [2.24, 2.45) is 0 Å². The quantitative estimate of drug-likeness (QED) is 0.475. The highest BCUT2D eigenvalue weighted by Gasteiger charge is 2.19. The Balaban J connectivity index is 1.96. The van der Waals surface area contributed by atoms with E-state index in [0.717, 1.165) is 21.1 Å². The number of nitrogens with zero attached hydrogens (tertiary/aromatic N) is 2. The number of rotatable bonds is 6. The standard InChI is InChI=1S/C16H15BrN4O4/c1-24-15-3-9(14(21(22)23)6-16(15)25-2)7-18-12-4-10(17)5-13-11(12)8-19-20-13/h3-6,8,18H,7H2,1-2H3,(H,19,20). The Labute approximate surface area is 151 Å². The van der Waals surface area contributed by atoms with Crippen LogP contribution in [-0.2, 0) is 6.54 Å². The molecule has 8 nitrogen and oxygen atoms in total. The lowest BCUT2D eigenvalue weighted by molar-refractivity contribution is -0.385. The van der Waals surface area contributed by atoms with Gasteiger partial charge < -0.3 is 14.8 Å². The first-order valence-electron chi connectivity index (χ1n) is 7.29. The number of nitrogens with one attached hydrogen (secondary N) is 2. The molecule has 0 aliphatic heterocycles. The molecule has 3 aromatic rings. The predicted octanol–water partition coefficient (Wildman–Crippen LogP) is 3.86. The number of aromatic nitrogens is 2. The van der Waals surface area contributed by atoms with Gasteiger partial charge in [-0.2, -0.15) is 5.10 Å². The van der Waals surface area contributed by atoms with Gasteiger partial charge in [0.1, 0.15) is 0 Å². The molecule has 0 bridgehead atoms. The molecule has 0 atom stereocenters. The molecule has 0 aliphatic rings. The van der Waals surface area contributed by atoms with Crippen molar-refractivity contribution in [2.45, 2.75) is 6.54 Å². The normalized spacial score (nSPS) is 10.7. The molecule has 0 spiro atoms. The number of nitro groups is 1. The number of aromatic amines is 1. The molecule has 0 saturated carbocycles. The maximum atomic E-state index is 11.4. The summed E-state index contributed by atoms with van der Waals surface area (Å²) in [6.07, 6.45) is 1.70. The Morgan fingerprint density at radius 3 is 2.64 bits per heavy atom. The topological polar surface area (TPSA) is 102 Å². The number of fused-ring (bicyclic) bond motifs is 1. The van der Waals surface area contributed by atoms with Crippen LogP contribution >= 0.6 is 15.9 Å². The molecular formula is C16H15BrN4O4. The fourth-order valence-electron chi connectivity index (χ4n) is 2.57. The average Bonchev–Trinajstić information content (AvgIpc) is 3.06. The Hall–Kier alpha value is -2.81. The molecule has 1 aromatic heterocycles. The largest absolute Gasteiger partial charge is 0.493 e. The van der Waals surface area contributed by atoms with Gasteiger partial charge in [-0.1, -0.05) is 15.9 Å². The van der Waals surface area contributed by atoms with Crippen LogP contribution in [0.1, 0.15) is 5.56 Å². The molecular weight excluding hydrogens is 392 g/mol. The number of nitro benzene ring substituents is 1. The van der Waals surface area contributed by atoms with E-state index in [1.165, 1.54) is 20.3 Å². The van der Waals surface area contributed by atoms with E-state index in [0.29, 0.717) is 17.1 Å². The molecule has 130 valence electrons. The van der Waals surface area contributed by atoms with Gasteiger partial charge in [0.15, 0.2) is 11.5 Å². The molecule has 1 heterocycles. The van der Waals surface area contributed by atoms with Gasteiger partial charge in [-0.25, -0.2) is 0 Å². The van der Waals surface area contributed by atoms with Crippen LogP contribution in [0, 0.1) is 10.1 Å². The molecule has 25 heavy (non-hydrogen) atoms. The van der Waals surface area contributed by atoms with Gasteiger partial charge >= 0.3 is 0 Å². The van der Waals surface area contributed by atoms with Crippen molar-refractivity contribution in [2.75, 3.05) is 19.5 Å². The van der Waals surface area contributed by atoms with E-state index in [4.69, 9.17) is 9.47 Å². The second kappa shape index (κ2) is 6.98. The van der Waals surface area contributed by atoms with Crippen LogP contribution in [-0.4, -0.2) is 29.3 Å². The molecule has 9 heteroatoms. The third-order valence-corrected chi connectivity index (χ3v) is 4.23. The highest BCUT2D eigenvalue weighted by molar-refractivity contribution is 9.10. The minimum atomic E-state index is -0.437. The monoisotopic (exact) mass is 406 g/mol. The van der Waals surface area contributed by atoms with Crippen molar-refractivity contribution in [3.63, 3.8) is 0 Å². The van der Waals surface area contributed by atoms with Gasteiger partial charge in [-0.05, 0) is 18.2 Å². The van der Waals surface area contributed by atoms with Crippen LogP contribution in [0.2, 0.25) is 0 Å². The van der Waals surface area contributed by atoms with Crippen molar-refractivity contribution >= 4 is 38.2 Å². The van der Waals surface area contributed by atoms with Gasteiger partial charge in [0.05, 0.1) is 42.5 Å². The van der Waals surface area contributed by atoms with Crippen molar-refractivity contribution in [1.29, 1.82) is 0 Å². The summed E-state index contributed by atoms with van der Waals surface area (Å²) in [7, 11) is 2.93. The number of hydrogen-bond acceptors (Lipinski definition) is 6. The molecule has 3 rings (SSSR count). The number of hydrogen-bond donors (Lipinski definition) is 2. The summed E-state index contributed by atoms with van der Waals surface area (Å²) in [6, 6.07) is 6.77. The Bertz CT molecular complexity index is 941. The molecule has 0 amide bonds. The maximum absolute atomic E-state index is 11.4. The number of anilines is 1. The summed E-state index contributed by atoms with van der Waals surface area (Å²) >= 11 is 3.44. The summed E-state index contributed by atoms with van der Waals surface area (Å²) in [5.74, 6) is 0.755. The molecule has 0 saturated heterocycles. The Morgan fingerprint density at radius 2 is 1.96 bits per heavy atom. The number of ether oxygens (including phenoxy) is 2. The van der Waals surface area contributed by atoms with E-state index in [1.54, 1.807) is 12.3 Å². The van der Waals surface area contributed by atoms with E-state index >= 15 is 0 Å².